The van der Waals surface area contributed by atoms with E-state index in [1.54, 1.807) is 12.1 Å². The third-order valence-corrected chi connectivity index (χ3v) is 2.87. The van der Waals surface area contributed by atoms with Crippen LogP contribution in [0.5, 0.6) is 0 Å². The molecule has 0 aliphatic heterocycles. The van der Waals surface area contributed by atoms with Gasteiger partial charge < -0.3 is 0 Å². The summed E-state index contributed by atoms with van der Waals surface area (Å²) in [7, 11) is 0. The van der Waals surface area contributed by atoms with Crippen molar-refractivity contribution in [3.05, 3.63) is 33.8 Å². The summed E-state index contributed by atoms with van der Waals surface area (Å²) in [4.78, 5) is 0. The van der Waals surface area contributed by atoms with Gasteiger partial charge in [-0.05, 0) is 30.2 Å². The Bertz CT molecular complexity index is 283. The first-order valence-electron chi connectivity index (χ1n) is 4.24. The van der Waals surface area contributed by atoms with E-state index < -0.39 is 0 Å². The van der Waals surface area contributed by atoms with E-state index in [1.807, 2.05) is 6.07 Å². The van der Waals surface area contributed by atoms with Crippen LogP contribution in [-0.2, 0) is 0 Å². The smallest absolute Gasteiger partial charge is 0.0600 e. The molecule has 3 heteroatoms. The van der Waals surface area contributed by atoms with E-state index in [1.165, 1.54) is 0 Å². The maximum absolute atomic E-state index is 6.14. The van der Waals surface area contributed by atoms with Gasteiger partial charge in [-0.3, -0.25) is 0 Å². The number of rotatable bonds is 3. The largest absolute Gasteiger partial charge is 0.118 e. The van der Waals surface area contributed by atoms with E-state index in [4.69, 9.17) is 34.8 Å². The van der Waals surface area contributed by atoms with Gasteiger partial charge in [0, 0.05) is 10.0 Å². The third kappa shape index (κ3) is 3.05. The lowest BCUT2D eigenvalue weighted by molar-refractivity contribution is 0.770. The Hall–Kier alpha value is 0.0900. The molecule has 0 amide bonds. The van der Waals surface area contributed by atoms with Gasteiger partial charge in [-0.2, -0.15) is 0 Å². The summed E-state index contributed by atoms with van der Waals surface area (Å²) >= 11 is 18.0. The molecule has 13 heavy (non-hydrogen) atoms. The highest BCUT2D eigenvalue weighted by molar-refractivity contribution is 6.34. The van der Waals surface area contributed by atoms with Crippen LogP contribution in [-0.4, -0.2) is 0 Å². The minimum Gasteiger partial charge on any atom is -0.118 e. The number of benzene rings is 1. The number of hydrogen-bond donors (Lipinski definition) is 0. The van der Waals surface area contributed by atoms with E-state index in [2.05, 4.69) is 6.92 Å². The molecule has 0 nitrogen and oxygen atoms in total. The highest BCUT2D eigenvalue weighted by atomic mass is 35.5. The normalized spacial score (nSPS) is 12.9. The van der Waals surface area contributed by atoms with Crippen LogP contribution in [0.3, 0.4) is 0 Å². The van der Waals surface area contributed by atoms with E-state index in [-0.39, 0.29) is 5.38 Å². The Kier molecular flexibility index (Phi) is 4.37. The van der Waals surface area contributed by atoms with Crippen molar-refractivity contribution in [3.8, 4) is 0 Å². The number of halogens is 3. The minimum atomic E-state index is -0.0313. The average molecular weight is 238 g/mol. The van der Waals surface area contributed by atoms with Gasteiger partial charge in [-0.25, -0.2) is 0 Å². The number of hydrogen-bond acceptors (Lipinski definition) is 0. The van der Waals surface area contributed by atoms with Gasteiger partial charge in [-0.15, -0.1) is 11.6 Å². The van der Waals surface area contributed by atoms with E-state index in [9.17, 15) is 0 Å². The van der Waals surface area contributed by atoms with Crippen molar-refractivity contribution in [1.29, 1.82) is 0 Å². The van der Waals surface area contributed by atoms with Crippen molar-refractivity contribution in [1.82, 2.24) is 0 Å². The molecule has 0 heterocycles. The second-order valence-corrected chi connectivity index (χ2v) is 4.29. The Morgan fingerprint density at radius 2 is 2.00 bits per heavy atom. The monoisotopic (exact) mass is 236 g/mol. The minimum absolute atomic E-state index is 0.0313. The van der Waals surface area contributed by atoms with Gasteiger partial charge in [0.2, 0.25) is 0 Å². The standard InChI is InChI=1S/C10H11Cl3/c1-2-3-9(12)8-6-7(11)4-5-10(8)13/h4-6,9H,2-3H2,1H3. The lowest BCUT2D eigenvalue weighted by atomic mass is 10.1. The van der Waals surface area contributed by atoms with Crippen LogP contribution in [0.25, 0.3) is 0 Å². The molecular formula is C10H11Cl3. The molecule has 72 valence electrons. The highest BCUT2D eigenvalue weighted by Crippen LogP contribution is 2.33. The molecule has 1 atom stereocenters. The molecule has 0 saturated heterocycles. The van der Waals surface area contributed by atoms with Gasteiger partial charge in [0.05, 0.1) is 5.38 Å². The lowest BCUT2D eigenvalue weighted by Crippen LogP contribution is -1.90. The van der Waals surface area contributed by atoms with Crippen LogP contribution < -0.4 is 0 Å². The predicted molar refractivity (Wildman–Crippen MR) is 60.0 cm³/mol. The summed E-state index contributed by atoms with van der Waals surface area (Å²) < 4.78 is 0. The Morgan fingerprint density at radius 3 is 2.62 bits per heavy atom. The molecule has 1 aromatic rings. The topological polar surface area (TPSA) is 0 Å². The zero-order valence-electron chi connectivity index (χ0n) is 7.36. The summed E-state index contributed by atoms with van der Waals surface area (Å²) in [5.74, 6) is 0. The average Bonchev–Trinajstić information content (AvgIpc) is 2.09. The van der Waals surface area contributed by atoms with Crippen molar-refractivity contribution in [3.63, 3.8) is 0 Å². The molecule has 0 fully saturated rings. The highest BCUT2D eigenvalue weighted by Gasteiger charge is 2.10. The quantitative estimate of drug-likeness (QED) is 0.644. The van der Waals surface area contributed by atoms with E-state index in [0.717, 1.165) is 18.4 Å². The van der Waals surface area contributed by atoms with Crippen molar-refractivity contribution in [2.24, 2.45) is 0 Å². The summed E-state index contributed by atoms with van der Waals surface area (Å²) in [6.45, 7) is 2.09. The van der Waals surface area contributed by atoms with Gasteiger partial charge in [0.15, 0.2) is 0 Å². The van der Waals surface area contributed by atoms with Crippen LogP contribution in [0.4, 0.5) is 0 Å². The molecule has 0 saturated carbocycles. The molecule has 1 aromatic carbocycles. The molecule has 0 radical (unpaired) electrons. The third-order valence-electron chi connectivity index (χ3n) is 1.84. The molecule has 0 aliphatic carbocycles. The van der Waals surface area contributed by atoms with Crippen molar-refractivity contribution in [2.75, 3.05) is 0 Å². The fraction of sp³-hybridized carbons (Fsp3) is 0.400. The van der Waals surface area contributed by atoms with Crippen LogP contribution in [0, 0.1) is 0 Å². The molecule has 0 aliphatic rings. The molecular weight excluding hydrogens is 226 g/mol. The molecule has 1 unspecified atom stereocenters. The predicted octanol–water partition coefficient (Wildman–Crippen LogP) is 5.07. The van der Waals surface area contributed by atoms with Crippen molar-refractivity contribution < 1.29 is 0 Å². The number of alkyl halides is 1. The molecule has 0 bridgehead atoms. The zero-order chi connectivity index (χ0) is 9.84. The van der Waals surface area contributed by atoms with Gasteiger partial charge in [-0.1, -0.05) is 36.5 Å². The fourth-order valence-electron chi connectivity index (χ4n) is 1.16. The molecule has 1 rings (SSSR count). The zero-order valence-corrected chi connectivity index (χ0v) is 9.63. The first-order chi connectivity index (χ1) is 6.15. The van der Waals surface area contributed by atoms with Crippen LogP contribution in [0.1, 0.15) is 30.7 Å². The Morgan fingerprint density at radius 1 is 1.31 bits per heavy atom. The van der Waals surface area contributed by atoms with Crippen LogP contribution in [0.15, 0.2) is 18.2 Å². The SMILES string of the molecule is CCCC(Cl)c1cc(Cl)ccc1Cl. The second-order valence-electron chi connectivity index (χ2n) is 2.92. The van der Waals surface area contributed by atoms with E-state index >= 15 is 0 Å². The van der Waals surface area contributed by atoms with E-state index in [0.29, 0.717) is 10.0 Å². The van der Waals surface area contributed by atoms with Crippen molar-refractivity contribution in [2.45, 2.75) is 25.1 Å². The van der Waals surface area contributed by atoms with Gasteiger partial charge in [0.1, 0.15) is 0 Å². The van der Waals surface area contributed by atoms with Crippen molar-refractivity contribution >= 4 is 34.8 Å². The summed E-state index contributed by atoms with van der Waals surface area (Å²) in [5.41, 5.74) is 0.928. The second kappa shape index (κ2) is 5.09. The summed E-state index contributed by atoms with van der Waals surface area (Å²) in [6.07, 6.45) is 1.96. The molecule has 0 spiro atoms. The maximum atomic E-state index is 6.14. The summed E-state index contributed by atoms with van der Waals surface area (Å²) in [6, 6.07) is 5.38. The molecule has 0 N–H and O–H groups in total. The lowest BCUT2D eigenvalue weighted by Gasteiger charge is -2.10. The summed E-state index contributed by atoms with van der Waals surface area (Å²) in [5, 5.41) is 1.34. The Labute approximate surface area is 93.8 Å². The first-order valence-corrected chi connectivity index (χ1v) is 5.43. The molecule has 0 aromatic heterocycles. The Balaban J connectivity index is 2.91. The fourth-order valence-corrected chi connectivity index (χ4v) is 2.05. The maximum Gasteiger partial charge on any atom is 0.0600 e. The van der Waals surface area contributed by atoms with Gasteiger partial charge in [0.25, 0.3) is 0 Å². The first kappa shape index (κ1) is 11.2. The van der Waals surface area contributed by atoms with Crippen LogP contribution >= 0.6 is 34.8 Å². The van der Waals surface area contributed by atoms with Gasteiger partial charge >= 0.3 is 0 Å². The van der Waals surface area contributed by atoms with Crippen LogP contribution in [0.2, 0.25) is 10.0 Å².